The van der Waals surface area contributed by atoms with Gasteiger partial charge in [-0.1, -0.05) is 25.3 Å². The molecular formula is C19H24FNO3S2. The third kappa shape index (κ3) is 4.10. The van der Waals surface area contributed by atoms with E-state index in [0.29, 0.717) is 13.2 Å². The van der Waals surface area contributed by atoms with E-state index < -0.39 is 15.8 Å². The number of nitrogens with one attached hydrogen (secondary N) is 1. The van der Waals surface area contributed by atoms with E-state index in [1.54, 1.807) is 18.3 Å². The van der Waals surface area contributed by atoms with Gasteiger partial charge in [0, 0.05) is 16.8 Å². The number of rotatable bonds is 7. The summed E-state index contributed by atoms with van der Waals surface area (Å²) in [6.07, 6.45) is 5.31. The Hall–Kier alpha value is -1.44. The molecule has 0 unspecified atom stereocenters. The zero-order valence-corrected chi connectivity index (χ0v) is 16.5. The lowest BCUT2D eigenvalue weighted by Crippen LogP contribution is -2.41. The number of ether oxygens (including phenoxy) is 1. The highest BCUT2D eigenvalue weighted by Gasteiger charge is 2.36. The zero-order valence-electron chi connectivity index (χ0n) is 14.8. The van der Waals surface area contributed by atoms with Crippen molar-refractivity contribution in [2.45, 2.75) is 49.3 Å². The summed E-state index contributed by atoms with van der Waals surface area (Å²) in [6, 6.07) is 7.86. The summed E-state index contributed by atoms with van der Waals surface area (Å²) in [6.45, 7) is 2.41. The third-order valence-corrected chi connectivity index (χ3v) is 7.48. The largest absolute Gasteiger partial charge is 0.491 e. The molecule has 0 amide bonds. The van der Waals surface area contributed by atoms with Gasteiger partial charge in [-0.3, -0.25) is 0 Å². The standard InChI is InChI=1S/C19H24FNO3S2/c1-2-24-17-9-8-15(13-16(17)20)26(22,23)21-14-19(10-4-3-5-11-19)18-7-6-12-25-18/h6-9,12-13,21H,2-5,10-11,14H2,1H3. The molecule has 0 atom stereocenters. The lowest BCUT2D eigenvalue weighted by Gasteiger charge is -2.36. The van der Waals surface area contributed by atoms with Crippen LogP contribution in [-0.4, -0.2) is 21.6 Å². The molecule has 142 valence electrons. The minimum absolute atomic E-state index is 0.0637. The van der Waals surface area contributed by atoms with E-state index >= 15 is 0 Å². The van der Waals surface area contributed by atoms with Gasteiger partial charge in [-0.05, 0) is 49.4 Å². The summed E-state index contributed by atoms with van der Waals surface area (Å²) in [7, 11) is -3.78. The fraction of sp³-hybridized carbons (Fsp3) is 0.474. The van der Waals surface area contributed by atoms with Gasteiger partial charge >= 0.3 is 0 Å². The molecular weight excluding hydrogens is 373 g/mol. The molecule has 1 aliphatic carbocycles. The zero-order chi connectivity index (χ0) is 18.6. The summed E-state index contributed by atoms with van der Waals surface area (Å²) in [5.41, 5.74) is -0.163. The van der Waals surface area contributed by atoms with Crippen LogP contribution in [0.2, 0.25) is 0 Å². The molecule has 1 aromatic heterocycles. The minimum atomic E-state index is -3.78. The van der Waals surface area contributed by atoms with Crippen LogP contribution in [-0.2, 0) is 15.4 Å². The Morgan fingerprint density at radius 2 is 2.00 bits per heavy atom. The van der Waals surface area contributed by atoms with Gasteiger partial charge in [0.1, 0.15) is 0 Å². The molecule has 4 nitrogen and oxygen atoms in total. The predicted octanol–water partition coefficient (Wildman–Crippen LogP) is 4.47. The van der Waals surface area contributed by atoms with Gasteiger partial charge in [0.15, 0.2) is 11.6 Å². The molecule has 1 aromatic carbocycles. The van der Waals surface area contributed by atoms with E-state index in [-0.39, 0.29) is 16.1 Å². The minimum Gasteiger partial charge on any atom is -0.491 e. The molecule has 3 rings (SSSR count). The molecule has 1 heterocycles. The van der Waals surface area contributed by atoms with E-state index in [1.165, 1.54) is 23.4 Å². The van der Waals surface area contributed by atoms with Crippen LogP contribution in [0, 0.1) is 5.82 Å². The van der Waals surface area contributed by atoms with Gasteiger partial charge in [-0.25, -0.2) is 17.5 Å². The molecule has 0 radical (unpaired) electrons. The summed E-state index contributed by atoms with van der Waals surface area (Å²) in [5.74, 6) is -0.603. The fourth-order valence-electron chi connectivity index (χ4n) is 3.56. The van der Waals surface area contributed by atoms with Crippen LogP contribution in [0.3, 0.4) is 0 Å². The fourth-order valence-corrected chi connectivity index (χ4v) is 5.68. The summed E-state index contributed by atoms with van der Waals surface area (Å²) >= 11 is 1.67. The Morgan fingerprint density at radius 3 is 2.62 bits per heavy atom. The molecule has 0 saturated heterocycles. The second-order valence-corrected chi connectivity index (χ2v) is 9.38. The van der Waals surface area contributed by atoms with Crippen LogP contribution in [0.5, 0.6) is 5.75 Å². The van der Waals surface area contributed by atoms with Crippen molar-refractivity contribution in [1.82, 2.24) is 4.72 Å². The smallest absolute Gasteiger partial charge is 0.240 e. The van der Waals surface area contributed by atoms with Crippen LogP contribution in [0.4, 0.5) is 4.39 Å². The summed E-state index contributed by atoms with van der Waals surface area (Å²) in [5, 5.41) is 2.03. The SMILES string of the molecule is CCOc1ccc(S(=O)(=O)NCC2(c3cccs3)CCCCC2)cc1F. The number of hydrogen-bond acceptors (Lipinski definition) is 4. The first-order valence-corrected chi connectivity index (χ1v) is 11.3. The number of benzene rings is 1. The molecule has 0 bridgehead atoms. The van der Waals surface area contributed by atoms with Gasteiger partial charge in [0.05, 0.1) is 11.5 Å². The monoisotopic (exact) mass is 397 g/mol. The highest BCUT2D eigenvalue weighted by molar-refractivity contribution is 7.89. The van der Waals surface area contributed by atoms with Crippen molar-refractivity contribution in [3.8, 4) is 5.75 Å². The maximum Gasteiger partial charge on any atom is 0.240 e. The van der Waals surface area contributed by atoms with Crippen molar-refractivity contribution in [2.75, 3.05) is 13.2 Å². The number of thiophene rings is 1. The lowest BCUT2D eigenvalue weighted by atomic mass is 9.73. The first kappa shape index (κ1) is 19.3. The highest BCUT2D eigenvalue weighted by Crippen LogP contribution is 2.41. The van der Waals surface area contributed by atoms with Gasteiger partial charge in [-0.15, -0.1) is 11.3 Å². The molecule has 1 saturated carbocycles. The lowest BCUT2D eigenvalue weighted by molar-refractivity contribution is 0.298. The van der Waals surface area contributed by atoms with Crippen molar-refractivity contribution in [3.63, 3.8) is 0 Å². The van der Waals surface area contributed by atoms with E-state index in [0.717, 1.165) is 31.7 Å². The summed E-state index contributed by atoms with van der Waals surface area (Å²) < 4.78 is 47.3. The Bertz CT molecular complexity index is 828. The Labute approximate surface area is 158 Å². The highest BCUT2D eigenvalue weighted by atomic mass is 32.2. The van der Waals surface area contributed by atoms with Gasteiger partial charge in [0.25, 0.3) is 0 Å². The van der Waals surface area contributed by atoms with Crippen molar-refractivity contribution in [1.29, 1.82) is 0 Å². The molecule has 1 fully saturated rings. The normalized spacial score (nSPS) is 17.2. The molecule has 0 spiro atoms. The average Bonchev–Trinajstić information content (AvgIpc) is 3.18. The van der Waals surface area contributed by atoms with Crippen LogP contribution in [0.1, 0.15) is 43.9 Å². The Morgan fingerprint density at radius 1 is 1.23 bits per heavy atom. The topological polar surface area (TPSA) is 55.4 Å². The van der Waals surface area contributed by atoms with E-state index in [1.807, 2.05) is 11.4 Å². The first-order chi connectivity index (χ1) is 12.5. The van der Waals surface area contributed by atoms with Crippen molar-refractivity contribution in [3.05, 3.63) is 46.4 Å². The predicted molar refractivity (Wildman–Crippen MR) is 102 cm³/mol. The Kier molecular flexibility index (Phi) is 5.99. The Balaban J connectivity index is 1.79. The molecule has 26 heavy (non-hydrogen) atoms. The summed E-state index contributed by atoms with van der Waals surface area (Å²) in [4.78, 5) is 1.15. The molecule has 7 heteroatoms. The number of halogens is 1. The van der Waals surface area contributed by atoms with E-state index in [2.05, 4.69) is 10.8 Å². The van der Waals surface area contributed by atoms with Crippen molar-refractivity contribution >= 4 is 21.4 Å². The van der Waals surface area contributed by atoms with Crippen LogP contribution >= 0.6 is 11.3 Å². The quantitative estimate of drug-likeness (QED) is 0.750. The van der Waals surface area contributed by atoms with Gasteiger partial charge in [0.2, 0.25) is 10.0 Å². The van der Waals surface area contributed by atoms with E-state index in [4.69, 9.17) is 4.74 Å². The van der Waals surface area contributed by atoms with Crippen LogP contribution in [0.25, 0.3) is 0 Å². The third-order valence-electron chi connectivity index (χ3n) is 4.97. The van der Waals surface area contributed by atoms with Gasteiger partial charge < -0.3 is 4.74 Å². The average molecular weight is 398 g/mol. The molecule has 0 aliphatic heterocycles. The maximum atomic E-state index is 14.0. The first-order valence-electron chi connectivity index (χ1n) is 8.93. The number of sulfonamides is 1. The molecule has 1 N–H and O–H groups in total. The second kappa shape index (κ2) is 8.06. The molecule has 2 aromatic rings. The maximum absolute atomic E-state index is 14.0. The van der Waals surface area contributed by atoms with Crippen LogP contribution < -0.4 is 9.46 Å². The van der Waals surface area contributed by atoms with E-state index in [9.17, 15) is 12.8 Å². The van der Waals surface area contributed by atoms with Crippen molar-refractivity contribution in [2.24, 2.45) is 0 Å². The van der Waals surface area contributed by atoms with Gasteiger partial charge in [-0.2, -0.15) is 0 Å². The molecule has 1 aliphatic rings. The van der Waals surface area contributed by atoms with Crippen LogP contribution in [0.15, 0.2) is 40.6 Å². The van der Waals surface area contributed by atoms with Crippen molar-refractivity contribution < 1.29 is 17.5 Å². The second-order valence-electron chi connectivity index (χ2n) is 6.67. The number of hydrogen-bond donors (Lipinski definition) is 1.